The van der Waals surface area contributed by atoms with Crippen molar-refractivity contribution in [2.24, 2.45) is 0 Å². The van der Waals surface area contributed by atoms with E-state index >= 15 is 0 Å². The normalized spacial score (nSPS) is 18.5. The first-order valence-electron chi connectivity index (χ1n) is 5.40. The van der Waals surface area contributed by atoms with Crippen LogP contribution in [0.2, 0.25) is 0 Å². The zero-order valence-corrected chi connectivity index (χ0v) is 9.04. The lowest BCUT2D eigenvalue weighted by molar-refractivity contribution is -0.120. The molecule has 1 saturated heterocycles. The Kier molecular flexibility index (Phi) is 6.04. The number of epoxide rings is 1. The first-order chi connectivity index (χ1) is 7.33. The molecule has 1 amide bonds. The molecule has 1 aliphatic rings. The molecule has 1 fully saturated rings. The summed E-state index contributed by atoms with van der Waals surface area (Å²) in [5, 5.41) is 2.81. The molecule has 4 nitrogen and oxygen atoms in total. The number of carbonyl (C=O) groups excluding carboxylic acids is 1. The van der Waals surface area contributed by atoms with Gasteiger partial charge in [0.2, 0.25) is 5.91 Å². The lowest BCUT2D eigenvalue weighted by atomic mass is 10.3. The highest BCUT2D eigenvalue weighted by Gasteiger charge is 2.21. The molecular formula is C11H19NO3. The van der Waals surface area contributed by atoms with Crippen molar-refractivity contribution in [1.29, 1.82) is 0 Å². The summed E-state index contributed by atoms with van der Waals surface area (Å²) >= 11 is 0. The molecule has 1 rings (SSSR count). The van der Waals surface area contributed by atoms with E-state index in [0.717, 1.165) is 32.6 Å². The number of hydrogen-bond donors (Lipinski definition) is 1. The quantitative estimate of drug-likeness (QED) is 0.351. The predicted octanol–water partition coefficient (Wildman–Crippen LogP) is 0.874. The minimum Gasteiger partial charge on any atom is -0.379 e. The van der Waals surface area contributed by atoms with Gasteiger partial charge in [-0.3, -0.25) is 4.79 Å². The Morgan fingerprint density at radius 1 is 1.60 bits per heavy atom. The van der Waals surface area contributed by atoms with Crippen molar-refractivity contribution >= 4 is 5.91 Å². The van der Waals surface area contributed by atoms with E-state index in [1.54, 1.807) is 6.08 Å². The van der Waals surface area contributed by atoms with Gasteiger partial charge in [0.25, 0.3) is 0 Å². The zero-order valence-electron chi connectivity index (χ0n) is 9.04. The lowest BCUT2D eigenvalue weighted by Crippen LogP contribution is -2.23. The Bertz CT molecular complexity index is 202. The average Bonchev–Trinajstić information content (AvgIpc) is 3.00. The van der Waals surface area contributed by atoms with Crippen LogP contribution in [0.3, 0.4) is 0 Å². The van der Waals surface area contributed by atoms with Crippen LogP contribution in [0.25, 0.3) is 0 Å². The average molecular weight is 213 g/mol. The maximum Gasteiger partial charge on any atom is 0.223 e. The number of amides is 1. The van der Waals surface area contributed by atoms with Crippen LogP contribution in [-0.4, -0.2) is 38.4 Å². The minimum absolute atomic E-state index is 0.0392. The van der Waals surface area contributed by atoms with E-state index in [0.29, 0.717) is 19.1 Å². The van der Waals surface area contributed by atoms with Gasteiger partial charge in [0.05, 0.1) is 13.2 Å². The van der Waals surface area contributed by atoms with Crippen molar-refractivity contribution in [3.8, 4) is 0 Å². The van der Waals surface area contributed by atoms with E-state index in [2.05, 4.69) is 11.9 Å². The molecular weight excluding hydrogens is 194 g/mol. The van der Waals surface area contributed by atoms with Crippen LogP contribution in [0, 0.1) is 0 Å². The van der Waals surface area contributed by atoms with E-state index in [-0.39, 0.29) is 5.91 Å². The molecule has 0 aromatic carbocycles. The Labute approximate surface area is 90.6 Å². The molecule has 0 aliphatic carbocycles. The van der Waals surface area contributed by atoms with Gasteiger partial charge >= 0.3 is 0 Å². The van der Waals surface area contributed by atoms with Gasteiger partial charge < -0.3 is 14.8 Å². The monoisotopic (exact) mass is 213 g/mol. The van der Waals surface area contributed by atoms with Crippen LogP contribution in [0.1, 0.15) is 19.3 Å². The Morgan fingerprint density at radius 2 is 2.40 bits per heavy atom. The lowest BCUT2D eigenvalue weighted by Gasteiger charge is -2.04. The number of hydrogen-bond acceptors (Lipinski definition) is 3. The molecule has 0 spiro atoms. The maximum absolute atomic E-state index is 11.0. The standard InChI is InChI=1S/C11H19NO3/c1-2-5-11(13)12-6-3-4-7-14-8-10-9-15-10/h2,10H,1,3-9H2,(H,12,13). The van der Waals surface area contributed by atoms with Gasteiger partial charge in [-0.1, -0.05) is 6.08 Å². The van der Waals surface area contributed by atoms with Gasteiger partial charge in [0.1, 0.15) is 6.10 Å². The van der Waals surface area contributed by atoms with Crippen LogP contribution < -0.4 is 5.32 Å². The zero-order chi connectivity index (χ0) is 10.9. The largest absolute Gasteiger partial charge is 0.379 e. The third-order valence-electron chi connectivity index (χ3n) is 2.07. The van der Waals surface area contributed by atoms with Gasteiger partial charge in [0, 0.05) is 19.6 Å². The maximum atomic E-state index is 11.0. The molecule has 0 aromatic heterocycles. The second-order valence-electron chi connectivity index (χ2n) is 3.58. The summed E-state index contributed by atoms with van der Waals surface area (Å²) in [6.07, 6.45) is 4.27. The van der Waals surface area contributed by atoms with E-state index < -0.39 is 0 Å². The SMILES string of the molecule is C=CCC(=O)NCCCCOCC1CO1. The Hall–Kier alpha value is -0.870. The topological polar surface area (TPSA) is 50.9 Å². The third kappa shape index (κ3) is 7.11. The van der Waals surface area contributed by atoms with Crippen molar-refractivity contribution < 1.29 is 14.3 Å². The molecule has 15 heavy (non-hydrogen) atoms. The summed E-state index contributed by atoms with van der Waals surface area (Å²) in [6.45, 7) is 6.52. The van der Waals surface area contributed by atoms with E-state index in [1.165, 1.54) is 0 Å². The summed E-state index contributed by atoms with van der Waals surface area (Å²) < 4.78 is 10.4. The summed E-state index contributed by atoms with van der Waals surface area (Å²) in [4.78, 5) is 11.0. The molecule has 4 heteroatoms. The smallest absolute Gasteiger partial charge is 0.223 e. The molecule has 0 saturated carbocycles. The second-order valence-corrected chi connectivity index (χ2v) is 3.58. The molecule has 0 aromatic rings. The highest BCUT2D eigenvalue weighted by atomic mass is 16.6. The Balaban J connectivity index is 1.75. The molecule has 1 atom stereocenters. The molecule has 1 heterocycles. The van der Waals surface area contributed by atoms with Crippen molar-refractivity contribution in [3.05, 3.63) is 12.7 Å². The van der Waals surface area contributed by atoms with Gasteiger partial charge in [0.15, 0.2) is 0 Å². The number of unbranched alkanes of at least 4 members (excludes halogenated alkanes) is 1. The molecule has 0 bridgehead atoms. The molecule has 1 unspecified atom stereocenters. The second kappa shape index (κ2) is 7.43. The van der Waals surface area contributed by atoms with E-state index in [4.69, 9.17) is 9.47 Å². The summed E-state index contributed by atoms with van der Waals surface area (Å²) in [7, 11) is 0. The molecule has 1 aliphatic heterocycles. The highest BCUT2D eigenvalue weighted by Crippen LogP contribution is 2.08. The minimum atomic E-state index is 0.0392. The molecule has 0 radical (unpaired) electrons. The van der Waals surface area contributed by atoms with Gasteiger partial charge in [-0.05, 0) is 12.8 Å². The summed E-state index contributed by atoms with van der Waals surface area (Å²) in [5.74, 6) is 0.0392. The van der Waals surface area contributed by atoms with Crippen LogP contribution in [-0.2, 0) is 14.3 Å². The fraction of sp³-hybridized carbons (Fsp3) is 0.727. The molecule has 86 valence electrons. The Morgan fingerprint density at radius 3 is 3.07 bits per heavy atom. The van der Waals surface area contributed by atoms with Gasteiger partial charge in [-0.15, -0.1) is 6.58 Å². The summed E-state index contributed by atoms with van der Waals surface area (Å²) in [6, 6.07) is 0. The van der Waals surface area contributed by atoms with Crippen LogP contribution in [0.4, 0.5) is 0 Å². The fourth-order valence-corrected chi connectivity index (χ4v) is 1.14. The van der Waals surface area contributed by atoms with Crippen molar-refractivity contribution in [2.75, 3.05) is 26.4 Å². The van der Waals surface area contributed by atoms with E-state index in [1.807, 2.05) is 0 Å². The van der Waals surface area contributed by atoms with Crippen molar-refractivity contribution in [1.82, 2.24) is 5.32 Å². The van der Waals surface area contributed by atoms with Crippen LogP contribution >= 0.6 is 0 Å². The van der Waals surface area contributed by atoms with Gasteiger partial charge in [-0.2, -0.15) is 0 Å². The van der Waals surface area contributed by atoms with Crippen LogP contribution in [0.5, 0.6) is 0 Å². The van der Waals surface area contributed by atoms with Crippen molar-refractivity contribution in [3.63, 3.8) is 0 Å². The van der Waals surface area contributed by atoms with Crippen molar-refractivity contribution in [2.45, 2.75) is 25.4 Å². The fourth-order valence-electron chi connectivity index (χ4n) is 1.14. The number of ether oxygens (including phenoxy) is 2. The highest BCUT2D eigenvalue weighted by molar-refractivity contribution is 5.77. The number of carbonyl (C=O) groups is 1. The summed E-state index contributed by atoms with van der Waals surface area (Å²) in [5.41, 5.74) is 0. The van der Waals surface area contributed by atoms with E-state index in [9.17, 15) is 4.79 Å². The number of nitrogens with one attached hydrogen (secondary N) is 1. The predicted molar refractivity (Wildman–Crippen MR) is 57.6 cm³/mol. The third-order valence-corrected chi connectivity index (χ3v) is 2.07. The van der Waals surface area contributed by atoms with Gasteiger partial charge in [-0.25, -0.2) is 0 Å². The number of rotatable bonds is 9. The first-order valence-corrected chi connectivity index (χ1v) is 5.40. The molecule has 1 N–H and O–H groups in total. The first kappa shape index (κ1) is 12.2. The van der Waals surface area contributed by atoms with Crippen LogP contribution in [0.15, 0.2) is 12.7 Å².